The van der Waals surface area contributed by atoms with Crippen LogP contribution in [-0.4, -0.2) is 26.6 Å². The van der Waals surface area contributed by atoms with Crippen LogP contribution in [0, 0.1) is 0 Å². The number of rotatable bonds is 2. The summed E-state index contributed by atoms with van der Waals surface area (Å²) in [6.07, 6.45) is 14.7. The highest BCUT2D eigenvalue weighted by Gasteiger charge is 2.10. The molecule has 0 saturated heterocycles. The van der Waals surface area contributed by atoms with Crippen molar-refractivity contribution in [3.63, 3.8) is 0 Å². The Hall–Kier alpha value is -2.99. The zero-order chi connectivity index (χ0) is 18.8. The van der Waals surface area contributed by atoms with Crippen LogP contribution >= 0.6 is 0 Å². The van der Waals surface area contributed by atoms with Crippen molar-refractivity contribution in [3.05, 3.63) is 83.8 Å². The highest BCUT2D eigenvalue weighted by atomic mass is 32.2. The first kappa shape index (κ1) is 17.4. The summed E-state index contributed by atoms with van der Waals surface area (Å²) in [7, 11) is -1.02. The van der Waals surface area contributed by atoms with Gasteiger partial charge in [-0.1, -0.05) is 24.3 Å². The highest BCUT2D eigenvalue weighted by molar-refractivity contribution is 7.84. The number of alkyl halides is 1. The molecule has 27 heavy (non-hydrogen) atoms. The van der Waals surface area contributed by atoms with Crippen LogP contribution in [0.4, 0.5) is 4.39 Å². The summed E-state index contributed by atoms with van der Waals surface area (Å²) in [5.74, 6) is 0.706. The average Bonchev–Trinajstić information content (AvgIpc) is 3.15. The van der Waals surface area contributed by atoms with Gasteiger partial charge in [0.25, 0.3) is 0 Å². The fourth-order valence-electron chi connectivity index (χ4n) is 2.95. The molecule has 0 unspecified atom stereocenters. The molecule has 2 heterocycles. The third-order valence-electron chi connectivity index (χ3n) is 4.36. The molecule has 0 spiro atoms. The van der Waals surface area contributed by atoms with E-state index in [-0.39, 0.29) is 0 Å². The lowest BCUT2D eigenvalue weighted by molar-refractivity contribution is 0.468. The summed E-state index contributed by atoms with van der Waals surface area (Å²) in [5, 5.41) is 4.64. The molecule has 0 bridgehead atoms. The Morgan fingerprint density at radius 2 is 1.67 bits per heavy atom. The lowest BCUT2D eigenvalue weighted by Gasteiger charge is -2.03. The maximum Gasteiger partial charge on any atom is 0.138 e. The van der Waals surface area contributed by atoms with Gasteiger partial charge in [-0.2, -0.15) is 0 Å². The Morgan fingerprint density at radius 3 is 2.30 bits per heavy atom. The number of nitrogens with one attached hydrogen (secondary N) is 2. The van der Waals surface area contributed by atoms with E-state index in [2.05, 4.69) is 10.3 Å². The highest BCUT2D eigenvalue weighted by Crippen LogP contribution is 2.16. The standard InChI is InChI=1S/C21H18FN3OS/c1-27(26)18-8-4-16(5-9-18)21-24-19(14-2-6-17(22)7-3-14)20(25-21)15-10-12-23-13-11-15/h2-13,17,23H,1H3,(H,24,25)/t17?,27-/m0/s1. The lowest BCUT2D eigenvalue weighted by Crippen LogP contribution is -2.29. The number of H-pyrrole nitrogens is 1. The molecule has 6 heteroatoms. The molecular weight excluding hydrogens is 361 g/mol. The van der Waals surface area contributed by atoms with Gasteiger partial charge < -0.3 is 10.3 Å². The predicted octanol–water partition coefficient (Wildman–Crippen LogP) is 2.21. The molecule has 4 nitrogen and oxygen atoms in total. The molecule has 4 rings (SSSR count). The third kappa shape index (κ3) is 3.61. The number of benzene rings is 1. The van der Waals surface area contributed by atoms with Crippen LogP contribution in [0.5, 0.6) is 0 Å². The molecule has 2 aromatic rings. The van der Waals surface area contributed by atoms with E-state index in [1.54, 1.807) is 18.4 Å². The van der Waals surface area contributed by atoms with Gasteiger partial charge in [0.15, 0.2) is 0 Å². The second-order valence-electron chi connectivity index (χ2n) is 6.19. The molecule has 0 fully saturated rings. The number of dihydropyridines is 1. The third-order valence-corrected chi connectivity index (χ3v) is 5.30. The van der Waals surface area contributed by atoms with Crippen LogP contribution in [0.15, 0.2) is 78.0 Å². The molecule has 0 radical (unpaired) electrons. The number of hydrogen-bond donors (Lipinski definition) is 2. The normalized spacial score (nSPS) is 19.4. The number of nitrogens with zero attached hydrogens (tertiary/aromatic N) is 1. The van der Waals surface area contributed by atoms with E-state index in [1.165, 1.54) is 12.2 Å². The van der Waals surface area contributed by atoms with E-state index >= 15 is 0 Å². The maximum absolute atomic E-state index is 13.4. The van der Waals surface area contributed by atoms with E-state index in [0.29, 0.717) is 5.82 Å². The molecule has 1 atom stereocenters. The average molecular weight is 379 g/mol. The van der Waals surface area contributed by atoms with Gasteiger partial charge in [-0.3, -0.25) is 4.21 Å². The Kier molecular flexibility index (Phi) is 4.73. The first-order chi connectivity index (χ1) is 13.1. The van der Waals surface area contributed by atoms with E-state index in [0.717, 1.165) is 32.3 Å². The Labute approximate surface area is 158 Å². The van der Waals surface area contributed by atoms with Crippen LogP contribution in [0.2, 0.25) is 0 Å². The molecule has 0 amide bonds. The van der Waals surface area contributed by atoms with Crippen LogP contribution in [-0.2, 0) is 10.8 Å². The Balaban J connectivity index is 1.93. The first-order valence-electron chi connectivity index (χ1n) is 8.50. The number of hydrogen-bond acceptors (Lipinski definition) is 3. The van der Waals surface area contributed by atoms with Gasteiger partial charge in [-0.25, -0.2) is 9.37 Å². The topological polar surface area (TPSA) is 57.8 Å². The molecular formula is C21H18FN3OS. The number of aromatic nitrogens is 2. The minimum Gasteiger partial charge on any atom is -0.368 e. The van der Waals surface area contributed by atoms with Gasteiger partial charge in [0.1, 0.15) is 12.0 Å². The van der Waals surface area contributed by atoms with Crippen molar-refractivity contribution in [1.29, 1.82) is 0 Å². The molecule has 0 saturated carbocycles. The van der Waals surface area contributed by atoms with Gasteiger partial charge in [-0.15, -0.1) is 0 Å². The van der Waals surface area contributed by atoms with Crippen molar-refractivity contribution in [3.8, 4) is 11.4 Å². The van der Waals surface area contributed by atoms with Crippen molar-refractivity contribution in [1.82, 2.24) is 15.3 Å². The van der Waals surface area contributed by atoms with Gasteiger partial charge in [0.05, 0.1) is 10.7 Å². The Bertz CT molecular complexity index is 1110. The minimum atomic E-state index is -1.07. The first-order valence-corrected chi connectivity index (χ1v) is 10.1. The Morgan fingerprint density at radius 1 is 1.00 bits per heavy atom. The molecule has 2 N–H and O–H groups in total. The fraction of sp³-hybridized carbons (Fsp3) is 0.0952. The smallest absolute Gasteiger partial charge is 0.138 e. The second kappa shape index (κ2) is 7.32. The SMILES string of the molecule is C[S@](=O)c1ccc(-c2nc(=C3C=CC(F)C=C3)c(=C3C=CNC=C3)[nH]2)cc1. The summed E-state index contributed by atoms with van der Waals surface area (Å²) in [4.78, 5) is 8.93. The van der Waals surface area contributed by atoms with Crippen LogP contribution in [0.3, 0.4) is 0 Å². The number of halogens is 1. The van der Waals surface area contributed by atoms with E-state index < -0.39 is 17.0 Å². The molecule has 1 aliphatic carbocycles. The summed E-state index contributed by atoms with van der Waals surface area (Å²) in [5.41, 5.74) is 2.72. The summed E-state index contributed by atoms with van der Waals surface area (Å²) < 4.78 is 25.0. The van der Waals surface area contributed by atoms with Crippen molar-refractivity contribution in [2.24, 2.45) is 0 Å². The van der Waals surface area contributed by atoms with Gasteiger partial charge in [-0.05, 0) is 36.4 Å². The van der Waals surface area contributed by atoms with Gasteiger partial charge in [0, 0.05) is 51.1 Å². The number of imidazole rings is 1. The number of allylic oxidation sites excluding steroid dienone is 6. The van der Waals surface area contributed by atoms with Gasteiger partial charge in [0.2, 0.25) is 0 Å². The van der Waals surface area contributed by atoms with E-state index in [1.807, 2.05) is 48.8 Å². The minimum absolute atomic E-state index is 0.706. The largest absolute Gasteiger partial charge is 0.368 e. The van der Waals surface area contributed by atoms with E-state index in [4.69, 9.17) is 4.98 Å². The lowest BCUT2D eigenvalue weighted by atomic mass is 10.1. The van der Waals surface area contributed by atoms with Crippen LogP contribution in [0.1, 0.15) is 0 Å². The fourth-order valence-corrected chi connectivity index (χ4v) is 3.47. The van der Waals surface area contributed by atoms with Crippen molar-refractivity contribution < 1.29 is 8.60 Å². The van der Waals surface area contributed by atoms with Crippen LogP contribution in [0.25, 0.3) is 22.5 Å². The summed E-state index contributed by atoms with van der Waals surface area (Å²) in [6, 6.07) is 7.48. The molecule has 1 aromatic carbocycles. The van der Waals surface area contributed by atoms with Crippen molar-refractivity contribution >= 4 is 21.9 Å². The summed E-state index contributed by atoms with van der Waals surface area (Å²) in [6.45, 7) is 0. The zero-order valence-corrected chi connectivity index (χ0v) is 15.5. The maximum atomic E-state index is 13.4. The van der Waals surface area contributed by atoms with Crippen molar-refractivity contribution in [2.45, 2.75) is 11.1 Å². The van der Waals surface area contributed by atoms with Gasteiger partial charge >= 0.3 is 0 Å². The van der Waals surface area contributed by atoms with Crippen molar-refractivity contribution in [2.75, 3.05) is 6.26 Å². The van der Waals surface area contributed by atoms with E-state index in [9.17, 15) is 8.60 Å². The molecule has 2 aliphatic rings. The molecule has 1 aromatic heterocycles. The predicted molar refractivity (Wildman–Crippen MR) is 107 cm³/mol. The second-order valence-corrected chi connectivity index (χ2v) is 7.57. The molecule has 136 valence electrons. The summed E-state index contributed by atoms with van der Waals surface area (Å²) >= 11 is 0. The molecule has 1 aliphatic heterocycles. The number of aromatic amines is 1. The monoisotopic (exact) mass is 379 g/mol. The quantitative estimate of drug-likeness (QED) is 0.841. The van der Waals surface area contributed by atoms with Crippen LogP contribution < -0.4 is 16.0 Å². The zero-order valence-electron chi connectivity index (χ0n) is 14.6.